The van der Waals surface area contributed by atoms with Crippen molar-refractivity contribution < 1.29 is 18.3 Å². The third-order valence-corrected chi connectivity index (χ3v) is 4.52. The van der Waals surface area contributed by atoms with E-state index in [1.807, 2.05) is 30.5 Å². The van der Waals surface area contributed by atoms with Crippen LogP contribution in [0.3, 0.4) is 0 Å². The second-order valence-corrected chi connectivity index (χ2v) is 6.37. The molecule has 3 aromatic rings. The van der Waals surface area contributed by atoms with Gasteiger partial charge in [-0.05, 0) is 31.2 Å². The maximum atomic E-state index is 12.9. The molecule has 0 radical (unpaired) electrons. The second kappa shape index (κ2) is 8.55. The van der Waals surface area contributed by atoms with Crippen LogP contribution in [0.2, 0.25) is 0 Å². The second-order valence-electron chi connectivity index (χ2n) is 5.53. The van der Waals surface area contributed by atoms with Crippen molar-refractivity contribution in [2.75, 3.05) is 4.90 Å². The standard InChI is InChI=1S/C20H16F2N2O2S/c1-14-13-27-20(23-14)24(16-8-3-2-4-9-16)18(25)12-11-15-7-5-6-10-17(15)26-19(21)22/h2-13,19H,1H3/b12-11+. The molecule has 27 heavy (non-hydrogen) atoms. The van der Waals surface area contributed by atoms with Crippen molar-refractivity contribution in [3.8, 4) is 5.75 Å². The summed E-state index contributed by atoms with van der Waals surface area (Å²) in [4.78, 5) is 18.7. The van der Waals surface area contributed by atoms with Gasteiger partial charge in [-0.3, -0.25) is 9.69 Å². The Morgan fingerprint density at radius 3 is 2.52 bits per heavy atom. The molecule has 2 aromatic carbocycles. The summed E-state index contributed by atoms with van der Waals surface area (Å²) in [6.07, 6.45) is 2.77. The van der Waals surface area contributed by atoms with E-state index in [0.29, 0.717) is 16.4 Å². The van der Waals surface area contributed by atoms with E-state index >= 15 is 0 Å². The normalized spacial score (nSPS) is 11.1. The molecule has 0 unspecified atom stereocenters. The molecule has 7 heteroatoms. The van der Waals surface area contributed by atoms with E-state index in [1.165, 1.54) is 34.5 Å². The van der Waals surface area contributed by atoms with Gasteiger partial charge in [0, 0.05) is 17.0 Å². The Balaban J connectivity index is 1.91. The van der Waals surface area contributed by atoms with Crippen molar-refractivity contribution in [1.82, 2.24) is 4.98 Å². The van der Waals surface area contributed by atoms with E-state index in [-0.39, 0.29) is 11.7 Å². The zero-order valence-corrected chi connectivity index (χ0v) is 15.2. The SMILES string of the molecule is Cc1csc(N(C(=O)/C=C/c2ccccc2OC(F)F)c2ccccc2)n1. The number of benzene rings is 2. The van der Waals surface area contributed by atoms with Crippen LogP contribution >= 0.6 is 11.3 Å². The van der Waals surface area contributed by atoms with Crippen LogP contribution in [0, 0.1) is 6.92 Å². The van der Waals surface area contributed by atoms with Crippen molar-refractivity contribution in [3.63, 3.8) is 0 Å². The summed E-state index contributed by atoms with van der Waals surface area (Å²) in [5.74, 6) is -0.338. The molecule has 0 saturated heterocycles. The molecule has 0 N–H and O–H groups in total. The van der Waals surface area contributed by atoms with Gasteiger partial charge in [-0.15, -0.1) is 11.3 Å². The fourth-order valence-electron chi connectivity index (χ4n) is 2.41. The number of rotatable bonds is 6. The molecule has 0 saturated carbocycles. The number of para-hydroxylation sites is 2. The van der Waals surface area contributed by atoms with Crippen LogP contribution in [0.5, 0.6) is 5.75 Å². The summed E-state index contributed by atoms with van der Waals surface area (Å²) in [6.45, 7) is -1.09. The quantitative estimate of drug-likeness (QED) is 0.531. The minimum Gasteiger partial charge on any atom is -0.434 e. The van der Waals surface area contributed by atoms with Gasteiger partial charge in [-0.2, -0.15) is 8.78 Å². The highest BCUT2D eigenvalue weighted by Crippen LogP contribution is 2.29. The van der Waals surface area contributed by atoms with E-state index in [9.17, 15) is 13.6 Å². The number of hydrogen-bond acceptors (Lipinski definition) is 4. The summed E-state index contributed by atoms with van der Waals surface area (Å²) >= 11 is 1.35. The lowest BCUT2D eigenvalue weighted by molar-refractivity contribution is -0.113. The maximum Gasteiger partial charge on any atom is 0.387 e. The van der Waals surface area contributed by atoms with Crippen LogP contribution in [0.25, 0.3) is 6.08 Å². The lowest BCUT2D eigenvalue weighted by Gasteiger charge is -2.18. The molecule has 0 aliphatic carbocycles. The van der Waals surface area contributed by atoms with Gasteiger partial charge in [-0.1, -0.05) is 36.4 Å². The van der Waals surface area contributed by atoms with Gasteiger partial charge in [-0.25, -0.2) is 4.98 Å². The van der Waals surface area contributed by atoms with Gasteiger partial charge >= 0.3 is 6.61 Å². The molecule has 1 heterocycles. The molecule has 4 nitrogen and oxygen atoms in total. The lowest BCUT2D eigenvalue weighted by Crippen LogP contribution is -2.23. The largest absolute Gasteiger partial charge is 0.434 e. The van der Waals surface area contributed by atoms with Crippen LogP contribution in [0.4, 0.5) is 19.6 Å². The predicted octanol–water partition coefficient (Wildman–Crippen LogP) is 5.43. The summed E-state index contributed by atoms with van der Waals surface area (Å²) in [6, 6.07) is 15.4. The third kappa shape index (κ3) is 4.77. The van der Waals surface area contributed by atoms with Crippen LogP contribution < -0.4 is 9.64 Å². The fourth-order valence-corrected chi connectivity index (χ4v) is 3.24. The molecule has 0 fully saturated rings. The summed E-state index contributed by atoms with van der Waals surface area (Å²) < 4.78 is 29.6. The smallest absolute Gasteiger partial charge is 0.387 e. The lowest BCUT2D eigenvalue weighted by atomic mass is 10.2. The fraction of sp³-hybridized carbons (Fsp3) is 0.100. The van der Waals surface area contributed by atoms with Crippen molar-refractivity contribution in [2.45, 2.75) is 13.5 Å². The number of thiazole rings is 1. The number of amides is 1. The molecule has 0 aliphatic rings. The summed E-state index contributed by atoms with van der Waals surface area (Å²) in [5, 5.41) is 2.39. The summed E-state index contributed by atoms with van der Waals surface area (Å²) in [7, 11) is 0. The number of nitrogens with zero attached hydrogens (tertiary/aromatic N) is 2. The average molecular weight is 386 g/mol. The number of alkyl halides is 2. The zero-order chi connectivity index (χ0) is 19.2. The molecule has 0 aliphatic heterocycles. The van der Waals surface area contributed by atoms with Crippen molar-refractivity contribution in [3.05, 3.63) is 77.3 Å². The van der Waals surface area contributed by atoms with E-state index in [4.69, 9.17) is 0 Å². The third-order valence-electron chi connectivity index (χ3n) is 3.57. The molecule has 3 rings (SSSR count). The number of aryl methyl sites for hydroxylation is 1. The minimum atomic E-state index is -2.94. The first-order chi connectivity index (χ1) is 13.0. The van der Waals surface area contributed by atoms with Crippen molar-refractivity contribution in [2.24, 2.45) is 0 Å². The number of carbonyl (C=O) groups excluding carboxylic acids is 1. The molecular weight excluding hydrogens is 370 g/mol. The van der Waals surface area contributed by atoms with E-state index in [0.717, 1.165) is 5.69 Å². The molecule has 138 valence electrons. The van der Waals surface area contributed by atoms with Crippen molar-refractivity contribution >= 4 is 34.1 Å². The Morgan fingerprint density at radius 1 is 1.15 bits per heavy atom. The monoisotopic (exact) mass is 386 g/mol. The van der Waals surface area contributed by atoms with Crippen LogP contribution in [-0.2, 0) is 4.79 Å². The number of halogens is 2. The molecule has 1 aromatic heterocycles. The van der Waals surface area contributed by atoms with Gasteiger partial charge in [0.15, 0.2) is 5.13 Å². The number of ether oxygens (including phenoxy) is 1. The molecule has 0 spiro atoms. The first-order valence-corrected chi connectivity index (χ1v) is 8.96. The molecule has 1 amide bonds. The Morgan fingerprint density at radius 2 is 1.85 bits per heavy atom. The summed E-state index contributed by atoms with van der Waals surface area (Å²) in [5.41, 5.74) is 1.86. The van der Waals surface area contributed by atoms with Gasteiger partial charge in [0.2, 0.25) is 0 Å². The Kier molecular flexibility index (Phi) is 5.93. The Labute approximate surface area is 159 Å². The molecule has 0 atom stereocenters. The number of hydrogen-bond donors (Lipinski definition) is 0. The molecule has 0 bridgehead atoms. The topological polar surface area (TPSA) is 42.4 Å². The van der Waals surface area contributed by atoms with E-state index in [2.05, 4.69) is 9.72 Å². The minimum absolute atomic E-state index is 0.00732. The van der Waals surface area contributed by atoms with Gasteiger partial charge in [0.05, 0.1) is 11.4 Å². The number of anilines is 2. The first-order valence-electron chi connectivity index (χ1n) is 8.08. The predicted molar refractivity (Wildman–Crippen MR) is 103 cm³/mol. The maximum absolute atomic E-state index is 12.9. The Hall–Kier alpha value is -3.06. The zero-order valence-electron chi connectivity index (χ0n) is 14.4. The van der Waals surface area contributed by atoms with Gasteiger partial charge in [0.25, 0.3) is 5.91 Å². The first kappa shape index (κ1) is 18.7. The van der Waals surface area contributed by atoms with Gasteiger partial charge < -0.3 is 4.74 Å². The number of carbonyl (C=O) groups is 1. The number of aromatic nitrogens is 1. The van der Waals surface area contributed by atoms with E-state index < -0.39 is 6.61 Å². The van der Waals surface area contributed by atoms with Crippen LogP contribution in [-0.4, -0.2) is 17.5 Å². The van der Waals surface area contributed by atoms with Gasteiger partial charge in [0.1, 0.15) is 5.75 Å². The molecular formula is C20H16F2N2O2S. The highest BCUT2D eigenvalue weighted by atomic mass is 32.1. The highest BCUT2D eigenvalue weighted by molar-refractivity contribution is 7.14. The highest BCUT2D eigenvalue weighted by Gasteiger charge is 2.19. The Bertz CT molecular complexity index is 942. The average Bonchev–Trinajstić information content (AvgIpc) is 3.07. The van der Waals surface area contributed by atoms with Crippen LogP contribution in [0.15, 0.2) is 66.1 Å². The van der Waals surface area contributed by atoms with Crippen molar-refractivity contribution in [1.29, 1.82) is 0 Å². The van der Waals surface area contributed by atoms with Crippen LogP contribution in [0.1, 0.15) is 11.3 Å². The van der Waals surface area contributed by atoms with E-state index in [1.54, 1.807) is 30.3 Å².